The first kappa shape index (κ1) is 11.3. The predicted molar refractivity (Wildman–Crippen MR) is 55.7 cm³/mol. The van der Waals surface area contributed by atoms with Gasteiger partial charge in [0.2, 0.25) is 0 Å². The monoisotopic (exact) mass is 209 g/mol. The minimum atomic E-state index is -0.871. The van der Waals surface area contributed by atoms with E-state index in [1.807, 2.05) is 6.42 Å². The molecule has 1 amide bonds. The minimum absolute atomic E-state index is 0.291. The van der Waals surface area contributed by atoms with E-state index in [0.717, 1.165) is 5.56 Å². The van der Waals surface area contributed by atoms with Gasteiger partial charge in [-0.25, -0.2) is 4.79 Å². The Bertz CT molecular complexity index is 353. The molecule has 0 aliphatic heterocycles. The first-order valence-electron chi connectivity index (χ1n) is 4.36. The van der Waals surface area contributed by atoms with Crippen LogP contribution < -0.4 is 20.9 Å². The Morgan fingerprint density at radius 3 is 2.73 bits per heavy atom. The van der Waals surface area contributed by atoms with Gasteiger partial charge in [-0.3, -0.25) is 0 Å². The van der Waals surface area contributed by atoms with Gasteiger partial charge >= 0.3 is 6.09 Å². The third-order valence-electron chi connectivity index (χ3n) is 1.75. The second-order valence-electron chi connectivity index (χ2n) is 2.77. The van der Waals surface area contributed by atoms with Gasteiger partial charge < -0.3 is 20.9 Å². The number of primary amides is 1. The van der Waals surface area contributed by atoms with E-state index in [1.54, 1.807) is 18.2 Å². The molecule has 81 valence electrons. The molecule has 0 spiro atoms. The molecule has 5 nitrogen and oxygen atoms in total. The van der Waals surface area contributed by atoms with Crippen LogP contribution in [-0.4, -0.2) is 19.7 Å². The second-order valence-corrected chi connectivity index (χ2v) is 2.77. The van der Waals surface area contributed by atoms with Gasteiger partial charge in [0.1, 0.15) is 0 Å². The van der Waals surface area contributed by atoms with Gasteiger partial charge in [-0.15, -0.1) is 0 Å². The van der Waals surface area contributed by atoms with Crippen molar-refractivity contribution in [3.8, 4) is 11.5 Å². The summed E-state index contributed by atoms with van der Waals surface area (Å²) in [5, 5.41) is 0. The van der Waals surface area contributed by atoms with E-state index in [4.69, 9.17) is 20.9 Å². The summed E-state index contributed by atoms with van der Waals surface area (Å²) in [6.07, 6.45) is 0.945. The van der Waals surface area contributed by atoms with E-state index in [0.29, 0.717) is 18.0 Å². The Kier molecular flexibility index (Phi) is 3.93. The van der Waals surface area contributed by atoms with E-state index in [9.17, 15) is 4.79 Å². The summed E-state index contributed by atoms with van der Waals surface area (Å²) in [7, 11) is 1.48. The Morgan fingerprint density at radius 2 is 2.20 bits per heavy atom. The van der Waals surface area contributed by atoms with Gasteiger partial charge in [-0.2, -0.15) is 0 Å². The summed E-state index contributed by atoms with van der Waals surface area (Å²) in [4.78, 5) is 10.6. The van der Waals surface area contributed by atoms with Crippen LogP contribution in [0.2, 0.25) is 0 Å². The normalized spacial score (nSPS) is 9.73. The molecule has 0 saturated heterocycles. The van der Waals surface area contributed by atoms with E-state index in [1.165, 1.54) is 7.11 Å². The van der Waals surface area contributed by atoms with Crippen molar-refractivity contribution in [2.45, 2.75) is 0 Å². The summed E-state index contributed by atoms with van der Waals surface area (Å²) in [5.41, 5.74) is 11.2. The molecular weight excluding hydrogens is 196 g/mol. The molecule has 1 radical (unpaired) electrons. The van der Waals surface area contributed by atoms with Crippen molar-refractivity contribution in [3.05, 3.63) is 30.2 Å². The molecule has 5 heteroatoms. The lowest BCUT2D eigenvalue weighted by Crippen LogP contribution is -2.16. The van der Waals surface area contributed by atoms with Crippen LogP contribution in [0.3, 0.4) is 0 Å². The molecule has 1 aromatic carbocycles. The molecule has 0 heterocycles. The number of benzene rings is 1. The molecule has 0 aromatic heterocycles. The molecule has 1 rings (SSSR count). The van der Waals surface area contributed by atoms with Crippen molar-refractivity contribution in [2.24, 2.45) is 11.5 Å². The topological polar surface area (TPSA) is 87.6 Å². The SMILES string of the molecule is COc1cc([CH]CN)ccc1OC(N)=O. The molecular formula is C10H13N2O3. The van der Waals surface area contributed by atoms with Crippen molar-refractivity contribution >= 4 is 6.09 Å². The number of methoxy groups -OCH3 is 1. The molecule has 0 aliphatic rings. The number of amides is 1. The van der Waals surface area contributed by atoms with E-state index in [-0.39, 0.29) is 0 Å². The third-order valence-corrected chi connectivity index (χ3v) is 1.75. The lowest BCUT2D eigenvalue weighted by Gasteiger charge is -2.08. The fourth-order valence-electron chi connectivity index (χ4n) is 1.14. The highest BCUT2D eigenvalue weighted by molar-refractivity contribution is 5.69. The zero-order valence-electron chi connectivity index (χ0n) is 8.40. The van der Waals surface area contributed by atoms with Gasteiger partial charge in [0.05, 0.1) is 7.11 Å². The van der Waals surface area contributed by atoms with Crippen molar-refractivity contribution in [1.82, 2.24) is 0 Å². The average molecular weight is 209 g/mol. The maximum absolute atomic E-state index is 10.6. The maximum atomic E-state index is 10.6. The maximum Gasteiger partial charge on any atom is 0.410 e. The molecule has 0 saturated carbocycles. The predicted octanol–water partition coefficient (Wildman–Crippen LogP) is 0.664. The Labute approximate surface area is 88.0 Å². The zero-order valence-corrected chi connectivity index (χ0v) is 8.40. The highest BCUT2D eigenvalue weighted by atomic mass is 16.6. The van der Waals surface area contributed by atoms with Crippen LogP contribution in [0.5, 0.6) is 11.5 Å². The fraction of sp³-hybridized carbons (Fsp3) is 0.200. The standard InChI is InChI=1S/C10H13N2O3/c1-14-9-6-7(4-5-11)2-3-8(9)15-10(12)13/h2-4,6H,5,11H2,1H3,(H2,12,13). The number of hydrogen-bond donors (Lipinski definition) is 2. The number of rotatable bonds is 4. The van der Waals surface area contributed by atoms with Crippen LogP contribution in [0.4, 0.5) is 4.79 Å². The van der Waals surface area contributed by atoms with Crippen LogP contribution in [0.15, 0.2) is 18.2 Å². The summed E-state index contributed by atoms with van der Waals surface area (Å²) < 4.78 is 9.78. The van der Waals surface area contributed by atoms with Gasteiger partial charge in [-0.1, -0.05) is 6.07 Å². The van der Waals surface area contributed by atoms with Crippen LogP contribution >= 0.6 is 0 Å². The largest absolute Gasteiger partial charge is 0.493 e. The van der Waals surface area contributed by atoms with Gasteiger partial charge in [0, 0.05) is 6.42 Å². The smallest absolute Gasteiger partial charge is 0.410 e. The number of nitrogens with two attached hydrogens (primary N) is 2. The zero-order chi connectivity index (χ0) is 11.3. The number of carbonyl (C=O) groups is 1. The summed E-state index contributed by atoms with van der Waals surface area (Å²) in [6, 6.07) is 5.07. The minimum Gasteiger partial charge on any atom is -0.493 e. The van der Waals surface area contributed by atoms with Crippen LogP contribution in [0, 0.1) is 6.42 Å². The quantitative estimate of drug-likeness (QED) is 0.762. The summed E-state index contributed by atoms with van der Waals surface area (Å²) >= 11 is 0. The van der Waals surface area contributed by atoms with Crippen molar-refractivity contribution in [3.63, 3.8) is 0 Å². The average Bonchev–Trinajstić information content (AvgIpc) is 2.20. The van der Waals surface area contributed by atoms with Crippen LogP contribution in [0.1, 0.15) is 5.56 Å². The first-order chi connectivity index (χ1) is 7.17. The highest BCUT2D eigenvalue weighted by Gasteiger charge is 2.07. The Morgan fingerprint density at radius 1 is 1.47 bits per heavy atom. The van der Waals surface area contributed by atoms with E-state index < -0.39 is 6.09 Å². The molecule has 0 aliphatic carbocycles. The van der Waals surface area contributed by atoms with Crippen molar-refractivity contribution in [2.75, 3.05) is 13.7 Å². The number of hydrogen-bond acceptors (Lipinski definition) is 4. The van der Waals surface area contributed by atoms with E-state index in [2.05, 4.69) is 0 Å². The molecule has 4 N–H and O–H groups in total. The lowest BCUT2D eigenvalue weighted by molar-refractivity contribution is 0.208. The second kappa shape index (κ2) is 5.21. The molecule has 15 heavy (non-hydrogen) atoms. The first-order valence-corrected chi connectivity index (χ1v) is 4.36. The van der Waals surface area contributed by atoms with Gasteiger partial charge in [0.25, 0.3) is 0 Å². The highest BCUT2D eigenvalue weighted by Crippen LogP contribution is 2.28. The number of carbonyl (C=O) groups excluding carboxylic acids is 1. The van der Waals surface area contributed by atoms with E-state index >= 15 is 0 Å². The van der Waals surface area contributed by atoms with Gasteiger partial charge in [-0.05, 0) is 24.2 Å². The summed E-state index contributed by atoms with van der Waals surface area (Å²) in [5.74, 6) is 0.732. The molecule has 0 fully saturated rings. The fourth-order valence-corrected chi connectivity index (χ4v) is 1.14. The molecule has 1 aromatic rings. The van der Waals surface area contributed by atoms with Crippen LogP contribution in [-0.2, 0) is 0 Å². The summed E-state index contributed by atoms with van der Waals surface area (Å²) in [6.45, 7) is 0.430. The lowest BCUT2D eigenvalue weighted by atomic mass is 10.1. The molecule has 0 bridgehead atoms. The van der Waals surface area contributed by atoms with Gasteiger partial charge in [0.15, 0.2) is 11.5 Å². The molecule has 0 atom stereocenters. The number of ether oxygens (including phenoxy) is 2. The van der Waals surface area contributed by atoms with Crippen molar-refractivity contribution in [1.29, 1.82) is 0 Å². The third kappa shape index (κ3) is 3.14. The van der Waals surface area contributed by atoms with Crippen molar-refractivity contribution < 1.29 is 14.3 Å². The van der Waals surface area contributed by atoms with Crippen LogP contribution in [0.25, 0.3) is 0 Å². The molecule has 0 unspecified atom stereocenters. The Balaban J connectivity index is 2.92. The Hall–Kier alpha value is -1.75.